The maximum absolute atomic E-state index is 2.40. The van der Waals surface area contributed by atoms with Crippen LogP contribution in [0.3, 0.4) is 0 Å². The average molecular weight is 782 g/mol. The molecule has 11 rings (SSSR count). The maximum Gasteiger partial charge on any atom is 0.0540 e. The van der Waals surface area contributed by atoms with Gasteiger partial charge in [0.2, 0.25) is 0 Å². The number of benzene rings is 10. The number of hydrogen-bond acceptors (Lipinski definition) is 2. The first-order valence-corrected chi connectivity index (χ1v) is 21.3. The van der Waals surface area contributed by atoms with Crippen LogP contribution in [0.25, 0.3) is 86.6 Å². The molecular weight excluding hydrogens is 743 g/mol. The van der Waals surface area contributed by atoms with E-state index in [1.165, 1.54) is 86.6 Å². The van der Waals surface area contributed by atoms with Crippen LogP contribution in [0, 0.1) is 0 Å². The van der Waals surface area contributed by atoms with Gasteiger partial charge in [0.15, 0.2) is 0 Å². The number of nitrogens with zero attached hydrogens (tertiary/aromatic N) is 1. The second-order valence-electron chi connectivity index (χ2n) is 15.3. The molecule has 0 amide bonds. The minimum Gasteiger partial charge on any atom is -0.310 e. The van der Waals surface area contributed by atoms with Crippen molar-refractivity contribution in [3.63, 3.8) is 0 Å². The third-order valence-corrected chi connectivity index (χ3v) is 12.9. The summed E-state index contributed by atoms with van der Waals surface area (Å²) in [5, 5.41) is 5.15. The fraction of sp³-hybridized carbons (Fsp3) is 0. The number of para-hydroxylation sites is 1. The number of anilines is 3. The van der Waals surface area contributed by atoms with Crippen molar-refractivity contribution in [2.24, 2.45) is 0 Å². The molecule has 0 unspecified atom stereocenters. The second-order valence-corrected chi connectivity index (χ2v) is 16.3. The van der Waals surface area contributed by atoms with Gasteiger partial charge in [-0.2, -0.15) is 0 Å². The van der Waals surface area contributed by atoms with E-state index in [4.69, 9.17) is 0 Å². The molecule has 0 N–H and O–H groups in total. The summed E-state index contributed by atoms with van der Waals surface area (Å²) in [6.45, 7) is 0. The fourth-order valence-corrected chi connectivity index (χ4v) is 9.96. The van der Waals surface area contributed by atoms with E-state index in [2.05, 4.69) is 241 Å². The maximum atomic E-state index is 2.40. The Labute approximate surface area is 354 Å². The van der Waals surface area contributed by atoms with Crippen LogP contribution < -0.4 is 4.90 Å². The van der Waals surface area contributed by atoms with Crippen LogP contribution in [-0.4, -0.2) is 0 Å². The molecule has 60 heavy (non-hydrogen) atoms. The number of rotatable bonds is 8. The Hall–Kier alpha value is -7.52. The van der Waals surface area contributed by atoms with Gasteiger partial charge in [0.05, 0.1) is 5.69 Å². The molecule has 1 heterocycles. The zero-order valence-electron chi connectivity index (χ0n) is 32.9. The van der Waals surface area contributed by atoms with Crippen molar-refractivity contribution in [3.8, 4) is 55.6 Å². The molecule has 0 aliphatic carbocycles. The molecule has 11 aromatic rings. The zero-order chi connectivity index (χ0) is 39.8. The Morgan fingerprint density at radius 3 is 1.58 bits per heavy atom. The summed E-state index contributed by atoms with van der Waals surface area (Å²) in [4.78, 5) is 2.40. The Bertz CT molecular complexity index is 3280. The zero-order valence-corrected chi connectivity index (χ0v) is 33.7. The monoisotopic (exact) mass is 781 g/mol. The number of thiophene rings is 1. The fourth-order valence-electron chi connectivity index (χ4n) is 8.72. The van der Waals surface area contributed by atoms with Gasteiger partial charge in [-0.25, -0.2) is 0 Å². The van der Waals surface area contributed by atoms with Crippen molar-refractivity contribution in [2.75, 3.05) is 4.90 Å². The van der Waals surface area contributed by atoms with E-state index in [0.717, 1.165) is 17.1 Å². The normalized spacial score (nSPS) is 11.3. The molecule has 10 aromatic carbocycles. The Morgan fingerprint density at radius 1 is 0.283 bits per heavy atom. The number of fused-ring (bicyclic) bond motifs is 4. The topological polar surface area (TPSA) is 3.24 Å². The van der Waals surface area contributed by atoms with E-state index < -0.39 is 0 Å². The smallest absolute Gasteiger partial charge is 0.0540 e. The summed E-state index contributed by atoms with van der Waals surface area (Å²) in [6, 6.07) is 86.0. The van der Waals surface area contributed by atoms with Crippen LogP contribution >= 0.6 is 11.3 Å². The van der Waals surface area contributed by atoms with Crippen LogP contribution in [0.1, 0.15) is 0 Å². The Kier molecular flexibility index (Phi) is 9.11. The lowest BCUT2D eigenvalue weighted by molar-refractivity contribution is 1.28. The third kappa shape index (κ3) is 6.54. The molecule has 0 fully saturated rings. The minimum absolute atomic E-state index is 1.09. The predicted molar refractivity (Wildman–Crippen MR) is 259 cm³/mol. The predicted octanol–water partition coefficient (Wildman–Crippen LogP) is 17.0. The van der Waals surface area contributed by atoms with Crippen LogP contribution in [0.5, 0.6) is 0 Å². The van der Waals surface area contributed by atoms with Gasteiger partial charge in [-0.3, -0.25) is 0 Å². The van der Waals surface area contributed by atoms with Crippen molar-refractivity contribution in [3.05, 3.63) is 237 Å². The van der Waals surface area contributed by atoms with Gasteiger partial charge >= 0.3 is 0 Å². The van der Waals surface area contributed by atoms with E-state index >= 15 is 0 Å². The first kappa shape index (κ1) is 35.6. The molecule has 0 aliphatic rings. The van der Waals surface area contributed by atoms with Crippen LogP contribution in [0.15, 0.2) is 237 Å². The highest BCUT2D eigenvalue weighted by Gasteiger charge is 2.18. The summed E-state index contributed by atoms with van der Waals surface area (Å²) >= 11 is 1.88. The molecule has 0 saturated carbocycles. The van der Waals surface area contributed by atoms with E-state index in [1.54, 1.807) is 0 Å². The molecular formula is C58H39NS. The van der Waals surface area contributed by atoms with E-state index in [1.807, 2.05) is 11.3 Å². The highest BCUT2D eigenvalue weighted by Crippen LogP contribution is 2.44. The Morgan fingerprint density at radius 2 is 0.767 bits per heavy atom. The average Bonchev–Trinajstić information content (AvgIpc) is 3.72. The molecule has 0 radical (unpaired) electrons. The van der Waals surface area contributed by atoms with Crippen LogP contribution in [0.4, 0.5) is 17.1 Å². The lowest BCUT2D eigenvalue weighted by atomic mass is 9.96. The van der Waals surface area contributed by atoms with Gasteiger partial charge in [-0.15, -0.1) is 11.3 Å². The molecule has 1 aromatic heterocycles. The lowest BCUT2D eigenvalue weighted by Gasteiger charge is -2.28. The summed E-state index contributed by atoms with van der Waals surface area (Å²) in [5.41, 5.74) is 15.4. The van der Waals surface area contributed by atoms with Gasteiger partial charge in [0.1, 0.15) is 0 Å². The van der Waals surface area contributed by atoms with Crippen molar-refractivity contribution in [1.29, 1.82) is 0 Å². The first-order valence-electron chi connectivity index (χ1n) is 20.5. The Balaban J connectivity index is 0.990. The van der Waals surface area contributed by atoms with E-state index in [0.29, 0.717) is 0 Å². The standard InChI is InChI=1S/C58H39NS/c1-2-13-40(14-3-1)41-27-29-45(30-28-41)52-20-6-8-25-56(52)59(49-37-33-44(34-38-49)51-22-11-16-43-15-4-5-19-50(43)51)48-35-31-42(32-36-48)46-17-10-18-47(39-46)53-23-12-24-55-54-21-7-9-26-57(54)60-58(53)55/h1-39H. The molecule has 1 nitrogen and oxygen atoms in total. The van der Waals surface area contributed by atoms with Crippen molar-refractivity contribution in [1.82, 2.24) is 0 Å². The first-order chi connectivity index (χ1) is 29.7. The molecule has 0 atom stereocenters. The summed E-state index contributed by atoms with van der Waals surface area (Å²) in [6.07, 6.45) is 0. The number of hydrogen-bond donors (Lipinski definition) is 0. The van der Waals surface area contributed by atoms with E-state index in [-0.39, 0.29) is 0 Å². The largest absolute Gasteiger partial charge is 0.310 e. The summed E-state index contributed by atoms with van der Waals surface area (Å²) in [7, 11) is 0. The summed E-state index contributed by atoms with van der Waals surface area (Å²) < 4.78 is 2.66. The van der Waals surface area contributed by atoms with Crippen molar-refractivity contribution >= 4 is 59.3 Å². The van der Waals surface area contributed by atoms with Crippen molar-refractivity contribution in [2.45, 2.75) is 0 Å². The van der Waals surface area contributed by atoms with Crippen molar-refractivity contribution < 1.29 is 0 Å². The molecule has 0 bridgehead atoms. The van der Waals surface area contributed by atoms with Gasteiger partial charge in [0, 0.05) is 37.1 Å². The minimum atomic E-state index is 1.09. The summed E-state index contributed by atoms with van der Waals surface area (Å²) in [5.74, 6) is 0. The quantitative estimate of drug-likeness (QED) is 0.148. The van der Waals surface area contributed by atoms with Crippen LogP contribution in [-0.2, 0) is 0 Å². The van der Waals surface area contributed by atoms with Gasteiger partial charge < -0.3 is 4.90 Å². The SMILES string of the molecule is c1ccc(-c2ccc(-c3ccccc3N(c3ccc(-c4cccc(-c5cccc6c5sc5ccccc56)c4)cc3)c3ccc(-c4cccc5ccccc45)cc3)cc2)cc1. The van der Waals surface area contributed by atoms with Gasteiger partial charge in [0.25, 0.3) is 0 Å². The van der Waals surface area contributed by atoms with Gasteiger partial charge in [-0.05, 0) is 103 Å². The molecule has 0 spiro atoms. The highest BCUT2D eigenvalue weighted by molar-refractivity contribution is 7.26. The van der Waals surface area contributed by atoms with Gasteiger partial charge in [-0.1, -0.05) is 194 Å². The van der Waals surface area contributed by atoms with Crippen LogP contribution in [0.2, 0.25) is 0 Å². The molecule has 2 heteroatoms. The molecule has 0 saturated heterocycles. The second kappa shape index (κ2) is 15.3. The molecule has 282 valence electrons. The third-order valence-electron chi connectivity index (χ3n) is 11.7. The molecule has 0 aliphatic heterocycles. The highest BCUT2D eigenvalue weighted by atomic mass is 32.1. The lowest BCUT2D eigenvalue weighted by Crippen LogP contribution is -2.11. The van der Waals surface area contributed by atoms with E-state index in [9.17, 15) is 0 Å².